The third-order valence-electron chi connectivity index (χ3n) is 4.60. The van der Waals surface area contributed by atoms with E-state index in [1.165, 1.54) is 11.8 Å². The van der Waals surface area contributed by atoms with Gasteiger partial charge in [0.2, 0.25) is 5.89 Å². The Hall–Kier alpha value is -1.93. The average Bonchev–Trinajstić information content (AvgIpc) is 3.26. The van der Waals surface area contributed by atoms with E-state index in [9.17, 15) is 4.79 Å². The molecule has 1 aliphatic rings. The standard InChI is InChI=1S/C18H20N4O2S2/c1-5-8-22-17(23)13-9(2)10(3)25-16(13)20-18(22)26-11(4)15-19-14(21-24-15)12-6-7-12/h5,11-12H,1,6-8H2,2-4H3. The molecule has 0 aromatic carbocycles. The highest BCUT2D eigenvalue weighted by Crippen LogP contribution is 2.40. The van der Waals surface area contributed by atoms with E-state index in [1.54, 1.807) is 22.0 Å². The summed E-state index contributed by atoms with van der Waals surface area (Å²) in [7, 11) is 0. The van der Waals surface area contributed by atoms with Gasteiger partial charge in [-0.05, 0) is 39.2 Å². The maximum Gasteiger partial charge on any atom is 0.263 e. The zero-order valence-electron chi connectivity index (χ0n) is 15.0. The van der Waals surface area contributed by atoms with Gasteiger partial charge in [-0.2, -0.15) is 4.98 Å². The lowest BCUT2D eigenvalue weighted by molar-refractivity contribution is 0.374. The van der Waals surface area contributed by atoms with Gasteiger partial charge >= 0.3 is 0 Å². The number of hydrogen-bond donors (Lipinski definition) is 0. The third-order valence-corrected chi connectivity index (χ3v) is 6.77. The molecule has 0 radical (unpaired) electrons. The fourth-order valence-corrected chi connectivity index (χ4v) is 4.84. The number of thioether (sulfide) groups is 1. The van der Waals surface area contributed by atoms with E-state index >= 15 is 0 Å². The fourth-order valence-electron chi connectivity index (χ4n) is 2.82. The minimum absolute atomic E-state index is 0.0179. The summed E-state index contributed by atoms with van der Waals surface area (Å²) in [6.07, 6.45) is 3.99. The van der Waals surface area contributed by atoms with Crippen LogP contribution in [0.15, 0.2) is 27.1 Å². The Kier molecular flexibility index (Phi) is 4.48. The van der Waals surface area contributed by atoms with Crippen molar-refractivity contribution in [2.45, 2.75) is 56.5 Å². The van der Waals surface area contributed by atoms with Gasteiger partial charge in [0.05, 0.1) is 10.6 Å². The molecule has 8 heteroatoms. The van der Waals surface area contributed by atoms with E-state index in [2.05, 4.69) is 16.7 Å². The Morgan fingerprint density at radius 1 is 1.42 bits per heavy atom. The summed E-state index contributed by atoms with van der Waals surface area (Å²) in [5.41, 5.74) is 0.992. The quantitative estimate of drug-likeness (QED) is 0.354. The third kappa shape index (κ3) is 3.01. The first kappa shape index (κ1) is 17.5. The summed E-state index contributed by atoms with van der Waals surface area (Å²) >= 11 is 3.03. The van der Waals surface area contributed by atoms with Crippen LogP contribution in [0, 0.1) is 13.8 Å². The van der Waals surface area contributed by atoms with E-state index in [-0.39, 0.29) is 10.8 Å². The smallest absolute Gasteiger partial charge is 0.263 e. The van der Waals surface area contributed by atoms with Crippen LogP contribution in [0.25, 0.3) is 10.2 Å². The van der Waals surface area contributed by atoms with E-state index in [0.717, 1.165) is 33.9 Å². The summed E-state index contributed by atoms with van der Waals surface area (Å²) < 4.78 is 7.10. The molecule has 1 unspecified atom stereocenters. The highest BCUT2D eigenvalue weighted by molar-refractivity contribution is 7.99. The van der Waals surface area contributed by atoms with E-state index in [0.29, 0.717) is 28.9 Å². The molecular formula is C18H20N4O2S2. The van der Waals surface area contributed by atoms with Crippen LogP contribution >= 0.6 is 23.1 Å². The molecule has 3 aromatic heterocycles. The monoisotopic (exact) mass is 388 g/mol. The lowest BCUT2D eigenvalue weighted by Crippen LogP contribution is -2.22. The molecule has 3 aromatic rings. The summed E-state index contributed by atoms with van der Waals surface area (Å²) in [6.45, 7) is 10.2. The Morgan fingerprint density at radius 2 is 2.19 bits per heavy atom. The Morgan fingerprint density at radius 3 is 2.88 bits per heavy atom. The number of nitrogens with zero attached hydrogens (tertiary/aromatic N) is 4. The van der Waals surface area contributed by atoms with Crippen LogP contribution in [0.3, 0.4) is 0 Å². The maximum absolute atomic E-state index is 13.0. The van der Waals surface area contributed by atoms with Crippen molar-refractivity contribution in [1.82, 2.24) is 19.7 Å². The van der Waals surface area contributed by atoms with Gasteiger partial charge in [-0.1, -0.05) is 23.0 Å². The van der Waals surface area contributed by atoms with Crippen LogP contribution < -0.4 is 5.56 Å². The zero-order valence-corrected chi connectivity index (χ0v) is 16.6. The van der Waals surface area contributed by atoms with E-state index < -0.39 is 0 Å². The molecule has 3 heterocycles. The van der Waals surface area contributed by atoms with Gasteiger partial charge in [-0.25, -0.2) is 4.98 Å². The van der Waals surface area contributed by atoms with Crippen LogP contribution in [0.4, 0.5) is 0 Å². The lowest BCUT2D eigenvalue weighted by atomic mass is 10.2. The molecule has 1 aliphatic carbocycles. The molecule has 0 amide bonds. The van der Waals surface area contributed by atoms with Crippen molar-refractivity contribution in [1.29, 1.82) is 0 Å². The van der Waals surface area contributed by atoms with E-state index in [1.807, 2.05) is 20.8 Å². The minimum Gasteiger partial charge on any atom is -0.338 e. The molecule has 0 aliphatic heterocycles. The van der Waals surface area contributed by atoms with Gasteiger partial charge in [-0.15, -0.1) is 17.9 Å². The fraction of sp³-hybridized carbons (Fsp3) is 0.444. The topological polar surface area (TPSA) is 73.8 Å². The highest BCUT2D eigenvalue weighted by Gasteiger charge is 2.30. The van der Waals surface area contributed by atoms with Crippen molar-refractivity contribution < 1.29 is 4.52 Å². The van der Waals surface area contributed by atoms with Crippen molar-refractivity contribution in [3.05, 3.63) is 45.2 Å². The van der Waals surface area contributed by atoms with Crippen molar-refractivity contribution in [2.24, 2.45) is 0 Å². The second kappa shape index (κ2) is 6.66. The number of rotatable bonds is 6. The average molecular weight is 389 g/mol. The van der Waals surface area contributed by atoms with Crippen LogP contribution in [-0.4, -0.2) is 19.7 Å². The van der Waals surface area contributed by atoms with Crippen molar-refractivity contribution in [3.8, 4) is 0 Å². The number of thiophene rings is 1. The van der Waals surface area contributed by atoms with Gasteiger partial charge in [-0.3, -0.25) is 9.36 Å². The largest absolute Gasteiger partial charge is 0.338 e. The number of allylic oxidation sites excluding steroid dienone is 1. The molecule has 0 spiro atoms. The van der Waals surface area contributed by atoms with Crippen LogP contribution in [0.2, 0.25) is 0 Å². The molecule has 1 atom stereocenters. The summed E-state index contributed by atoms with van der Waals surface area (Å²) in [4.78, 5) is 24.2. The summed E-state index contributed by atoms with van der Waals surface area (Å²) in [6, 6.07) is 0. The second-order valence-electron chi connectivity index (χ2n) is 6.59. The first-order valence-corrected chi connectivity index (χ1v) is 10.3. The summed E-state index contributed by atoms with van der Waals surface area (Å²) in [5, 5.41) is 5.36. The van der Waals surface area contributed by atoms with E-state index in [4.69, 9.17) is 9.51 Å². The molecule has 4 rings (SSSR count). The van der Waals surface area contributed by atoms with Crippen molar-refractivity contribution in [2.75, 3.05) is 0 Å². The second-order valence-corrected chi connectivity index (χ2v) is 9.10. The van der Waals surface area contributed by atoms with Gasteiger partial charge in [0.25, 0.3) is 5.56 Å². The van der Waals surface area contributed by atoms with Crippen molar-refractivity contribution >= 4 is 33.3 Å². The Bertz CT molecular complexity index is 1050. The Balaban J connectivity index is 1.72. The van der Waals surface area contributed by atoms with Gasteiger partial charge < -0.3 is 4.52 Å². The van der Waals surface area contributed by atoms with Crippen LogP contribution in [0.5, 0.6) is 0 Å². The summed E-state index contributed by atoms with van der Waals surface area (Å²) in [5.74, 6) is 1.83. The molecule has 0 N–H and O–H groups in total. The van der Waals surface area contributed by atoms with Crippen LogP contribution in [-0.2, 0) is 6.54 Å². The lowest BCUT2D eigenvalue weighted by Gasteiger charge is -2.12. The molecule has 1 saturated carbocycles. The maximum atomic E-state index is 13.0. The molecule has 0 saturated heterocycles. The van der Waals surface area contributed by atoms with Gasteiger partial charge in [0.15, 0.2) is 11.0 Å². The number of fused-ring (bicyclic) bond motifs is 1. The number of aromatic nitrogens is 4. The minimum atomic E-state index is -0.0856. The first-order chi connectivity index (χ1) is 12.5. The molecule has 0 bridgehead atoms. The predicted octanol–water partition coefficient (Wildman–Crippen LogP) is 4.37. The normalized spacial score (nSPS) is 15.5. The zero-order chi connectivity index (χ0) is 18.4. The number of aryl methyl sites for hydroxylation is 2. The SMILES string of the molecule is C=CCn1c(SC(C)c2nc(C3CC3)no2)nc2sc(C)c(C)c2c1=O. The Labute approximate surface area is 159 Å². The molecule has 1 fully saturated rings. The molecule has 6 nitrogen and oxygen atoms in total. The molecule has 26 heavy (non-hydrogen) atoms. The predicted molar refractivity (Wildman–Crippen MR) is 104 cm³/mol. The van der Waals surface area contributed by atoms with Crippen LogP contribution in [0.1, 0.15) is 53.1 Å². The first-order valence-electron chi connectivity index (χ1n) is 8.61. The molecule has 136 valence electrons. The number of hydrogen-bond acceptors (Lipinski definition) is 7. The van der Waals surface area contributed by atoms with Gasteiger partial charge in [0.1, 0.15) is 4.83 Å². The van der Waals surface area contributed by atoms with Crippen molar-refractivity contribution in [3.63, 3.8) is 0 Å². The highest BCUT2D eigenvalue weighted by atomic mass is 32.2. The van der Waals surface area contributed by atoms with Gasteiger partial charge in [0, 0.05) is 17.3 Å². The molecular weight excluding hydrogens is 368 g/mol.